The summed E-state index contributed by atoms with van der Waals surface area (Å²) >= 11 is 0. The highest BCUT2D eigenvalue weighted by atomic mass is 19.4. The third-order valence-electron chi connectivity index (χ3n) is 2.85. The van der Waals surface area contributed by atoms with Crippen molar-refractivity contribution in [1.82, 2.24) is 0 Å². The number of halogens is 17. The zero-order valence-electron chi connectivity index (χ0n) is 12.2. The molecule has 174 valence electrons. The van der Waals surface area contributed by atoms with Crippen LogP contribution in [0, 0.1) is 0 Å². The average molecular weight is 480 g/mol. The van der Waals surface area contributed by atoms with Crippen molar-refractivity contribution in [1.29, 1.82) is 0 Å². The van der Waals surface area contributed by atoms with Gasteiger partial charge in [-0.2, -0.15) is 70.2 Å². The number of carboxylic acids is 1. The van der Waals surface area contributed by atoms with Gasteiger partial charge in [-0.25, -0.2) is 13.9 Å². The topological polar surface area (TPSA) is 46.5 Å². The number of ether oxygens (including phenoxy) is 1. The van der Waals surface area contributed by atoms with Crippen LogP contribution in [-0.4, -0.2) is 59.1 Å². The third-order valence-corrected chi connectivity index (χ3v) is 2.85. The third kappa shape index (κ3) is 3.74. The van der Waals surface area contributed by atoms with Gasteiger partial charge in [-0.3, -0.25) is 0 Å². The van der Waals surface area contributed by atoms with Gasteiger partial charge in [0.15, 0.2) is 0 Å². The second-order valence-corrected chi connectivity index (χ2v) is 4.82. The Hall–Kier alpha value is -1.76. The first-order chi connectivity index (χ1) is 12.2. The fraction of sp³-hybridized carbons (Fsp3) is 0.889. The van der Waals surface area contributed by atoms with E-state index < -0.39 is 54.0 Å². The molecule has 0 saturated heterocycles. The van der Waals surface area contributed by atoms with E-state index in [1.165, 1.54) is 0 Å². The first-order valence-corrected chi connectivity index (χ1v) is 5.80. The van der Waals surface area contributed by atoms with Crippen molar-refractivity contribution in [3.05, 3.63) is 0 Å². The summed E-state index contributed by atoms with van der Waals surface area (Å²) in [6, 6.07) is 0. The molecule has 0 saturated carbocycles. The molecule has 1 atom stereocenters. The number of aliphatic carboxylic acids is 1. The molecule has 0 aliphatic rings. The van der Waals surface area contributed by atoms with Crippen molar-refractivity contribution in [2.24, 2.45) is 0 Å². The zero-order chi connectivity index (χ0) is 24.3. The monoisotopic (exact) mass is 480 g/mol. The molecular weight excluding hydrogens is 479 g/mol. The lowest BCUT2D eigenvalue weighted by atomic mass is 10.0. The van der Waals surface area contributed by atoms with E-state index in [1.807, 2.05) is 0 Å². The minimum Gasteiger partial charge on any atom is -0.478 e. The molecule has 0 amide bonds. The quantitative estimate of drug-likeness (QED) is 0.522. The Morgan fingerprint density at radius 3 is 1.10 bits per heavy atom. The van der Waals surface area contributed by atoms with E-state index in [2.05, 4.69) is 0 Å². The highest BCUT2D eigenvalue weighted by molar-refractivity contribution is 5.79. The van der Waals surface area contributed by atoms with Crippen LogP contribution in [0.2, 0.25) is 0 Å². The molecule has 0 rings (SSSR count). The van der Waals surface area contributed by atoms with Crippen molar-refractivity contribution < 1.29 is 89.3 Å². The lowest BCUT2D eigenvalue weighted by Crippen LogP contribution is -2.70. The summed E-state index contributed by atoms with van der Waals surface area (Å²) in [4.78, 5) is 10.0. The van der Waals surface area contributed by atoms with E-state index >= 15 is 0 Å². The fourth-order valence-electron chi connectivity index (χ4n) is 1.26. The summed E-state index contributed by atoms with van der Waals surface area (Å²) in [5, 5.41) is 7.79. The highest BCUT2D eigenvalue weighted by Crippen LogP contribution is 2.59. The standard InChI is InChI=1S/C9HF17O3/c10-2(1(27)28,6(17,18)19)8(23,24)29-9(25,26)5(15,16)3(11,12)4(13,14)7(20,21)22/h(H,27,28). The predicted octanol–water partition coefficient (Wildman–Crippen LogP) is 5.01. The Labute approximate surface area is 145 Å². The Morgan fingerprint density at radius 2 is 0.862 bits per heavy atom. The minimum atomic E-state index is -8.40. The van der Waals surface area contributed by atoms with Crippen LogP contribution in [0.4, 0.5) is 74.6 Å². The average Bonchev–Trinajstić information content (AvgIpc) is 2.41. The molecule has 0 aromatic heterocycles. The zero-order valence-corrected chi connectivity index (χ0v) is 12.2. The van der Waals surface area contributed by atoms with Crippen LogP contribution >= 0.6 is 0 Å². The van der Waals surface area contributed by atoms with Crippen molar-refractivity contribution in [3.63, 3.8) is 0 Å². The van der Waals surface area contributed by atoms with Gasteiger partial charge in [0, 0.05) is 0 Å². The normalized spacial score (nSPS) is 17.8. The predicted molar refractivity (Wildman–Crippen MR) is 49.4 cm³/mol. The molecule has 0 spiro atoms. The second kappa shape index (κ2) is 6.62. The van der Waals surface area contributed by atoms with Crippen LogP contribution in [0.15, 0.2) is 0 Å². The lowest BCUT2D eigenvalue weighted by Gasteiger charge is -2.39. The fourth-order valence-corrected chi connectivity index (χ4v) is 1.26. The second-order valence-electron chi connectivity index (χ2n) is 4.82. The van der Waals surface area contributed by atoms with E-state index in [0.29, 0.717) is 0 Å². The first kappa shape index (κ1) is 27.2. The van der Waals surface area contributed by atoms with Gasteiger partial charge in [0.2, 0.25) is 0 Å². The molecule has 0 bridgehead atoms. The highest BCUT2D eigenvalue weighted by Gasteiger charge is 2.90. The summed E-state index contributed by atoms with van der Waals surface area (Å²) in [5.41, 5.74) is -7.36. The van der Waals surface area contributed by atoms with Crippen LogP contribution < -0.4 is 0 Å². The van der Waals surface area contributed by atoms with Gasteiger partial charge >= 0.3 is 54.0 Å². The molecule has 0 aliphatic carbocycles. The molecule has 20 heteroatoms. The van der Waals surface area contributed by atoms with Crippen LogP contribution in [0.3, 0.4) is 0 Å². The molecule has 0 aromatic rings. The van der Waals surface area contributed by atoms with E-state index in [4.69, 9.17) is 5.11 Å². The van der Waals surface area contributed by atoms with Crippen LogP contribution in [0.5, 0.6) is 0 Å². The maximum Gasteiger partial charge on any atom is 0.460 e. The number of carboxylic acid groups (broad SMARTS) is 1. The summed E-state index contributed by atoms with van der Waals surface area (Å²) in [7, 11) is 0. The first-order valence-electron chi connectivity index (χ1n) is 5.80. The summed E-state index contributed by atoms with van der Waals surface area (Å²) in [6.07, 6.45) is -31.1. The van der Waals surface area contributed by atoms with Gasteiger partial charge in [-0.05, 0) is 0 Å². The van der Waals surface area contributed by atoms with Crippen molar-refractivity contribution in [2.75, 3.05) is 0 Å². The number of hydrogen-bond acceptors (Lipinski definition) is 2. The molecule has 0 aromatic carbocycles. The maximum absolute atomic E-state index is 13.1. The van der Waals surface area contributed by atoms with Gasteiger partial charge in [0.25, 0.3) is 0 Å². The van der Waals surface area contributed by atoms with Crippen LogP contribution in [-0.2, 0) is 9.53 Å². The number of carbonyl (C=O) groups is 1. The molecule has 0 fully saturated rings. The van der Waals surface area contributed by atoms with Gasteiger partial charge in [-0.15, -0.1) is 0 Å². The Kier molecular flexibility index (Phi) is 6.22. The molecule has 29 heavy (non-hydrogen) atoms. The van der Waals surface area contributed by atoms with Crippen LogP contribution in [0.25, 0.3) is 0 Å². The molecule has 3 nitrogen and oxygen atoms in total. The van der Waals surface area contributed by atoms with Gasteiger partial charge in [0.1, 0.15) is 0 Å². The molecular formula is C9HF17O3. The van der Waals surface area contributed by atoms with E-state index in [9.17, 15) is 79.4 Å². The molecule has 1 N–H and O–H groups in total. The summed E-state index contributed by atoms with van der Waals surface area (Å²) in [5.74, 6) is -29.3. The van der Waals surface area contributed by atoms with E-state index in [1.54, 1.807) is 0 Å². The summed E-state index contributed by atoms with van der Waals surface area (Å²) < 4.78 is 214. The smallest absolute Gasteiger partial charge is 0.460 e. The van der Waals surface area contributed by atoms with Gasteiger partial charge in [-0.1, -0.05) is 0 Å². The van der Waals surface area contributed by atoms with Crippen molar-refractivity contribution >= 4 is 5.97 Å². The van der Waals surface area contributed by atoms with Crippen LogP contribution in [0.1, 0.15) is 0 Å². The number of rotatable bonds is 7. The largest absolute Gasteiger partial charge is 0.478 e. The SMILES string of the molecule is O=C(O)C(F)(C(F)(F)F)C(F)(F)OC(F)(F)C(F)(F)C(F)(F)C(F)(F)C(F)(F)F. The van der Waals surface area contributed by atoms with Crippen molar-refractivity contribution in [2.45, 2.75) is 48.0 Å². The van der Waals surface area contributed by atoms with E-state index in [0.717, 1.165) is 4.74 Å². The van der Waals surface area contributed by atoms with Crippen molar-refractivity contribution in [3.8, 4) is 0 Å². The Morgan fingerprint density at radius 1 is 0.517 bits per heavy atom. The Balaban J connectivity index is 6.48. The Bertz CT molecular complexity index is 631. The maximum atomic E-state index is 13.1. The lowest BCUT2D eigenvalue weighted by molar-refractivity contribution is -0.505. The number of alkyl halides is 17. The molecule has 0 heterocycles. The van der Waals surface area contributed by atoms with E-state index in [-0.39, 0.29) is 0 Å². The molecule has 0 aliphatic heterocycles. The van der Waals surface area contributed by atoms with Gasteiger partial charge in [0.05, 0.1) is 0 Å². The number of hydrogen-bond donors (Lipinski definition) is 1. The molecule has 0 radical (unpaired) electrons. The molecule has 1 unspecified atom stereocenters. The minimum absolute atomic E-state index is 1.16. The summed E-state index contributed by atoms with van der Waals surface area (Å²) in [6.45, 7) is 0. The van der Waals surface area contributed by atoms with Gasteiger partial charge < -0.3 is 5.11 Å².